The summed E-state index contributed by atoms with van der Waals surface area (Å²) in [6.45, 7) is 6.03. The smallest absolute Gasteiger partial charge is 0.321 e. The van der Waals surface area contributed by atoms with Gasteiger partial charge in [-0.1, -0.05) is 6.07 Å². The molecule has 1 aliphatic heterocycles. The van der Waals surface area contributed by atoms with E-state index >= 15 is 0 Å². The monoisotopic (exact) mass is 332 g/mol. The number of aliphatic hydroxyl groups excluding tert-OH is 1. The van der Waals surface area contributed by atoms with Crippen molar-refractivity contribution in [2.45, 2.75) is 13.0 Å². The maximum atomic E-state index is 12.3. The van der Waals surface area contributed by atoms with Gasteiger partial charge >= 0.3 is 6.03 Å². The average molecular weight is 332 g/mol. The van der Waals surface area contributed by atoms with Gasteiger partial charge in [0.1, 0.15) is 0 Å². The van der Waals surface area contributed by atoms with E-state index in [4.69, 9.17) is 10.00 Å². The third-order valence-corrected chi connectivity index (χ3v) is 3.89. The largest absolute Gasteiger partial charge is 0.389 e. The van der Waals surface area contributed by atoms with Crippen LogP contribution in [0.15, 0.2) is 24.3 Å². The van der Waals surface area contributed by atoms with Crippen LogP contribution in [-0.2, 0) is 4.74 Å². The summed E-state index contributed by atoms with van der Waals surface area (Å²) < 4.78 is 5.21. The molecular formula is C17H24N4O3. The third-order valence-electron chi connectivity index (χ3n) is 3.89. The van der Waals surface area contributed by atoms with Crippen LogP contribution in [-0.4, -0.2) is 73.0 Å². The zero-order valence-electron chi connectivity index (χ0n) is 13.9. The number of urea groups is 1. The van der Waals surface area contributed by atoms with E-state index < -0.39 is 6.10 Å². The number of rotatable bonds is 6. The van der Waals surface area contributed by atoms with Crippen molar-refractivity contribution in [1.82, 2.24) is 9.80 Å². The highest BCUT2D eigenvalue weighted by molar-refractivity contribution is 5.89. The summed E-state index contributed by atoms with van der Waals surface area (Å²) in [6.07, 6.45) is -0.501. The van der Waals surface area contributed by atoms with Crippen molar-refractivity contribution in [3.8, 4) is 6.07 Å². The van der Waals surface area contributed by atoms with Crippen LogP contribution in [0.4, 0.5) is 10.5 Å². The molecule has 0 aromatic heterocycles. The summed E-state index contributed by atoms with van der Waals surface area (Å²) in [6, 6.07) is 8.74. The van der Waals surface area contributed by atoms with Gasteiger partial charge < -0.3 is 20.1 Å². The first-order valence-electron chi connectivity index (χ1n) is 8.16. The first-order chi connectivity index (χ1) is 11.6. The Labute approximate surface area is 142 Å². The Kier molecular flexibility index (Phi) is 7.00. The number of β-amino-alcohol motifs (C(OH)–C–C–N with tert-alkyl or cyclic N) is 1. The van der Waals surface area contributed by atoms with E-state index in [-0.39, 0.29) is 6.03 Å². The first kappa shape index (κ1) is 18.2. The molecule has 2 N–H and O–H groups in total. The summed E-state index contributed by atoms with van der Waals surface area (Å²) in [7, 11) is 0. The van der Waals surface area contributed by atoms with Crippen molar-refractivity contribution in [2.24, 2.45) is 0 Å². The fraction of sp³-hybridized carbons (Fsp3) is 0.529. The molecule has 0 radical (unpaired) electrons. The van der Waals surface area contributed by atoms with Gasteiger partial charge in [0.15, 0.2) is 0 Å². The van der Waals surface area contributed by atoms with Gasteiger partial charge in [0.2, 0.25) is 0 Å². The van der Waals surface area contributed by atoms with Crippen LogP contribution in [0.1, 0.15) is 12.5 Å². The maximum Gasteiger partial charge on any atom is 0.321 e. The highest BCUT2D eigenvalue weighted by atomic mass is 16.5. The minimum absolute atomic E-state index is 0.167. The van der Waals surface area contributed by atoms with Gasteiger partial charge in [-0.05, 0) is 25.1 Å². The van der Waals surface area contributed by atoms with Crippen LogP contribution in [0.25, 0.3) is 0 Å². The molecule has 24 heavy (non-hydrogen) atoms. The Hall–Kier alpha value is -2.14. The quantitative estimate of drug-likeness (QED) is 0.814. The van der Waals surface area contributed by atoms with E-state index in [0.717, 1.165) is 13.1 Å². The molecule has 1 fully saturated rings. The number of aliphatic hydroxyl groups is 1. The van der Waals surface area contributed by atoms with Crippen molar-refractivity contribution in [2.75, 3.05) is 51.3 Å². The SMILES string of the molecule is CCOC[C@@H](O)CN1CCN(C(=O)Nc2cccc(C#N)c2)CC1. The molecule has 0 bridgehead atoms. The van der Waals surface area contributed by atoms with Gasteiger partial charge in [-0.3, -0.25) is 4.90 Å². The van der Waals surface area contributed by atoms with E-state index in [9.17, 15) is 9.90 Å². The van der Waals surface area contributed by atoms with Crippen LogP contribution in [0.3, 0.4) is 0 Å². The van der Waals surface area contributed by atoms with Crippen molar-refractivity contribution in [1.29, 1.82) is 5.26 Å². The molecule has 2 amide bonds. The molecule has 1 aromatic rings. The van der Waals surface area contributed by atoms with Crippen molar-refractivity contribution >= 4 is 11.7 Å². The number of anilines is 1. The zero-order chi connectivity index (χ0) is 17.4. The Morgan fingerprint density at radius 2 is 2.17 bits per heavy atom. The standard InChI is InChI=1S/C17H24N4O3/c1-2-24-13-16(22)12-20-6-8-21(9-7-20)17(23)19-15-5-3-4-14(10-15)11-18/h3-5,10,16,22H,2,6-9,12-13H2,1H3,(H,19,23)/t16-/m0/s1. The zero-order valence-corrected chi connectivity index (χ0v) is 13.9. The molecule has 1 aliphatic rings. The lowest BCUT2D eigenvalue weighted by molar-refractivity contribution is 0.0139. The fourth-order valence-electron chi connectivity index (χ4n) is 2.61. The second-order valence-electron chi connectivity index (χ2n) is 5.72. The lowest BCUT2D eigenvalue weighted by Gasteiger charge is -2.35. The highest BCUT2D eigenvalue weighted by Crippen LogP contribution is 2.12. The van der Waals surface area contributed by atoms with Crippen molar-refractivity contribution in [3.05, 3.63) is 29.8 Å². The number of hydrogen-bond acceptors (Lipinski definition) is 5. The highest BCUT2D eigenvalue weighted by Gasteiger charge is 2.22. The number of piperazine rings is 1. The Morgan fingerprint density at radius 3 is 2.83 bits per heavy atom. The normalized spacial score (nSPS) is 16.5. The predicted molar refractivity (Wildman–Crippen MR) is 90.7 cm³/mol. The van der Waals surface area contributed by atoms with Gasteiger partial charge in [0.25, 0.3) is 0 Å². The number of ether oxygens (including phenoxy) is 1. The number of nitrogens with one attached hydrogen (secondary N) is 1. The Balaban J connectivity index is 1.77. The van der Waals surface area contributed by atoms with Gasteiger partial charge in [0, 0.05) is 45.0 Å². The second-order valence-corrected chi connectivity index (χ2v) is 5.72. The molecule has 7 heteroatoms. The minimum atomic E-state index is -0.501. The molecule has 1 aromatic carbocycles. The molecule has 1 heterocycles. The van der Waals surface area contributed by atoms with Gasteiger partial charge in [-0.2, -0.15) is 5.26 Å². The maximum absolute atomic E-state index is 12.3. The molecule has 2 rings (SSSR count). The summed E-state index contributed by atoms with van der Waals surface area (Å²) in [4.78, 5) is 16.2. The number of benzene rings is 1. The topological polar surface area (TPSA) is 88.8 Å². The Bertz CT molecular complexity index is 579. The lowest BCUT2D eigenvalue weighted by Crippen LogP contribution is -2.51. The van der Waals surface area contributed by atoms with E-state index in [1.54, 1.807) is 29.2 Å². The van der Waals surface area contributed by atoms with E-state index in [2.05, 4.69) is 16.3 Å². The van der Waals surface area contributed by atoms with E-state index in [0.29, 0.717) is 44.1 Å². The van der Waals surface area contributed by atoms with Crippen LogP contribution in [0, 0.1) is 11.3 Å². The number of carbonyl (C=O) groups excluding carboxylic acids is 1. The third kappa shape index (κ3) is 5.49. The molecule has 7 nitrogen and oxygen atoms in total. The van der Waals surface area contributed by atoms with Crippen molar-refractivity contribution < 1.29 is 14.6 Å². The average Bonchev–Trinajstić information content (AvgIpc) is 2.60. The fourth-order valence-corrected chi connectivity index (χ4v) is 2.61. The van der Waals surface area contributed by atoms with Crippen LogP contribution < -0.4 is 5.32 Å². The Morgan fingerprint density at radius 1 is 1.42 bits per heavy atom. The van der Waals surface area contributed by atoms with Crippen molar-refractivity contribution in [3.63, 3.8) is 0 Å². The molecule has 0 aliphatic carbocycles. The summed E-state index contributed by atoms with van der Waals surface area (Å²) in [5.74, 6) is 0. The number of hydrogen-bond donors (Lipinski definition) is 2. The van der Waals surface area contributed by atoms with E-state index in [1.807, 2.05) is 6.92 Å². The molecule has 0 unspecified atom stereocenters. The number of nitriles is 1. The summed E-state index contributed by atoms with van der Waals surface area (Å²) in [5.41, 5.74) is 1.13. The predicted octanol–water partition coefficient (Wildman–Crippen LogP) is 1.11. The first-order valence-corrected chi connectivity index (χ1v) is 8.16. The second kappa shape index (κ2) is 9.23. The summed E-state index contributed by atoms with van der Waals surface area (Å²) >= 11 is 0. The van der Waals surface area contributed by atoms with Crippen LogP contribution in [0.2, 0.25) is 0 Å². The van der Waals surface area contributed by atoms with Crippen LogP contribution in [0.5, 0.6) is 0 Å². The number of amides is 2. The molecule has 0 spiro atoms. The molecule has 0 saturated carbocycles. The molecule has 1 saturated heterocycles. The lowest BCUT2D eigenvalue weighted by atomic mass is 10.2. The summed E-state index contributed by atoms with van der Waals surface area (Å²) in [5, 5.41) is 21.6. The van der Waals surface area contributed by atoms with Gasteiger partial charge in [-0.25, -0.2) is 4.79 Å². The number of nitrogens with zero attached hydrogens (tertiary/aromatic N) is 3. The van der Waals surface area contributed by atoms with Gasteiger partial charge in [-0.15, -0.1) is 0 Å². The molecule has 1 atom stereocenters. The minimum Gasteiger partial charge on any atom is -0.389 e. The number of carbonyl (C=O) groups is 1. The molecule has 130 valence electrons. The van der Waals surface area contributed by atoms with E-state index in [1.165, 1.54) is 0 Å². The van der Waals surface area contributed by atoms with Gasteiger partial charge in [0.05, 0.1) is 24.3 Å². The van der Waals surface area contributed by atoms with Crippen LogP contribution >= 0.6 is 0 Å². The molecular weight excluding hydrogens is 308 g/mol.